The van der Waals surface area contributed by atoms with Crippen LogP contribution in [0.5, 0.6) is 0 Å². The quantitative estimate of drug-likeness (QED) is 0.469. The highest BCUT2D eigenvalue weighted by atomic mass is 32.2. The maximum atomic E-state index is 12.7. The van der Waals surface area contributed by atoms with Crippen molar-refractivity contribution in [3.05, 3.63) is 30.5 Å². The van der Waals surface area contributed by atoms with Gasteiger partial charge in [0.15, 0.2) is 5.82 Å². The van der Waals surface area contributed by atoms with Crippen molar-refractivity contribution in [1.29, 1.82) is 4.78 Å². The molecule has 0 saturated carbocycles. The molecule has 2 amide bonds. The lowest BCUT2D eigenvalue weighted by molar-refractivity contribution is 0.218. The molecule has 2 aromatic rings. The molecule has 1 aromatic heterocycles. The fourth-order valence-electron chi connectivity index (χ4n) is 2.89. The summed E-state index contributed by atoms with van der Waals surface area (Å²) in [5.74, 6) is 1.36. The minimum Gasteiger partial charge on any atom is -0.379 e. The van der Waals surface area contributed by atoms with Gasteiger partial charge in [0, 0.05) is 50.1 Å². The highest BCUT2D eigenvalue weighted by molar-refractivity contribution is 7.92. The van der Waals surface area contributed by atoms with Gasteiger partial charge in [-0.25, -0.2) is 18.8 Å². The van der Waals surface area contributed by atoms with E-state index < -0.39 is 9.73 Å². The lowest BCUT2D eigenvalue weighted by Gasteiger charge is -2.15. The topological polar surface area (TPSA) is 135 Å². The molecule has 0 radical (unpaired) electrons. The molecule has 1 atom stereocenters. The van der Waals surface area contributed by atoms with Crippen molar-refractivity contribution < 1.29 is 9.00 Å². The van der Waals surface area contributed by atoms with Gasteiger partial charge in [0.1, 0.15) is 0 Å². The normalized spacial score (nSPS) is 18.5. The van der Waals surface area contributed by atoms with Gasteiger partial charge in [0.25, 0.3) is 0 Å². The van der Waals surface area contributed by atoms with E-state index >= 15 is 0 Å². The maximum absolute atomic E-state index is 12.7. The van der Waals surface area contributed by atoms with Crippen LogP contribution in [-0.4, -0.2) is 64.6 Å². The zero-order valence-corrected chi connectivity index (χ0v) is 18.0. The molecule has 0 saturated heterocycles. The Hall–Kier alpha value is -3.08. The van der Waals surface area contributed by atoms with Gasteiger partial charge in [-0.05, 0) is 31.0 Å². The zero-order valence-electron chi connectivity index (χ0n) is 17.2. The Bertz CT molecular complexity index is 994. The number of fused-ring (bicyclic) bond motifs is 4. The highest BCUT2D eigenvalue weighted by Crippen LogP contribution is 2.24. The van der Waals surface area contributed by atoms with E-state index in [0.717, 1.165) is 12.1 Å². The van der Waals surface area contributed by atoms with Crippen LogP contribution in [0.25, 0.3) is 0 Å². The molecule has 1 unspecified atom stereocenters. The summed E-state index contributed by atoms with van der Waals surface area (Å²) in [7, 11) is 0.551. The molecule has 10 nitrogen and oxygen atoms in total. The summed E-state index contributed by atoms with van der Waals surface area (Å²) in [6, 6.07) is 6.91. The standard InChI is InChI=1S/C19H28N8O2S/c1-27(2)19(28)23-10-9-21-16-13-24-18-25-14-6-5-7-15(12-14)30(20,29)11-4-3-8-22-17(16)26-18/h5-7,12-13,20-21H,3-4,8-11H2,1-2H3,(H,23,28)(H2,22,24,25,26). The molecule has 5 N–H and O–H groups in total. The van der Waals surface area contributed by atoms with E-state index in [1.807, 2.05) is 6.07 Å². The van der Waals surface area contributed by atoms with Crippen LogP contribution < -0.4 is 21.3 Å². The molecule has 3 rings (SSSR count). The predicted molar refractivity (Wildman–Crippen MR) is 119 cm³/mol. The lowest BCUT2D eigenvalue weighted by Crippen LogP contribution is -2.37. The molecule has 162 valence electrons. The number of hydrogen-bond acceptors (Lipinski definition) is 8. The molecule has 0 spiro atoms. The van der Waals surface area contributed by atoms with Crippen LogP contribution in [0.15, 0.2) is 35.4 Å². The lowest BCUT2D eigenvalue weighted by atomic mass is 10.3. The van der Waals surface area contributed by atoms with Crippen LogP contribution in [0.1, 0.15) is 12.8 Å². The Labute approximate surface area is 176 Å². The van der Waals surface area contributed by atoms with Gasteiger partial charge in [-0.15, -0.1) is 0 Å². The third kappa shape index (κ3) is 5.72. The summed E-state index contributed by atoms with van der Waals surface area (Å²) in [5.41, 5.74) is 1.41. The van der Waals surface area contributed by atoms with Crippen LogP contribution in [0.4, 0.5) is 27.9 Å². The van der Waals surface area contributed by atoms with Crippen molar-refractivity contribution in [1.82, 2.24) is 20.2 Å². The first-order valence-electron chi connectivity index (χ1n) is 9.79. The van der Waals surface area contributed by atoms with E-state index in [1.165, 1.54) is 4.90 Å². The molecule has 30 heavy (non-hydrogen) atoms. The Morgan fingerprint density at radius 2 is 2.13 bits per heavy atom. The minimum absolute atomic E-state index is 0.148. The van der Waals surface area contributed by atoms with Crippen molar-refractivity contribution in [2.24, 2.45) is 0 Å². The van der Waals surface area contributed by atoms with Gasteiger partial charge in [-0.3, -0.25) is 0 Å². The van der Waals surface area contributed by atoms with Crippen molar-refractivity contribution >= 4 is 38.9 Å². The van der Waals surface area contributed by atoms with Crippen molar-refractivity contribution in [2.45, 2.75) is 17.7 Å². The van der Waals surface area contributed by atoms with Gasteiger partial charge in [-0.2, -0.15) is 4.98 Å². The number of nitrogens with one attached hydrogen (secondary N) is 5. The minimum atomic E-state index is -2.83. The van der Waals surface area contributed by atoms with Crippen molar-refractivity contribution in [3.8, 4) is 0 Å². The molecule has 2 heterocycles. The van der Waals surface area contributed by atoms with E-state index in [0.29, 0.717) is 54.2 Å². The average molecular weight is 433 g/mol. The zero-order chi connectivity index (χ0) is 21.6. The molecular formula is C19H28N8O2S. The first-order valence-corrected chi connectivity index (χ1v) is 11.5. The monoisotopic (exact) mass is 432 g/mol. The SMILES string of the molecule is CN(C)C(=O)NCCNc1cnc2nc1NCCCCS(=N)(=O)c1cccc(c1)N2. The Morgan fingerprint density at radius 3 is 2.93 bits per heavy atom. The number of nitrogens with zero attached hydrogens (tertiary/aromatic N) is 3. The summed E-state index contributed by atoms with van der Waals surface area (Å²) < 4.78 is 21.0. The van der Waals surface area contributed by atoms with Crippen LogP contribution in [0.2, 0.25) is 0 Å². The van der Waals surface area contributed by atoms with Crippen LogP contribution in [0.3, 0.4) is 0 Å². The Balaban J connectivity index is 1.75. The highest BCUT2D eigenvalue weighted by Gasteiger charge is 2.13. The first-order chi connectivity index (χ1) is 14.3. The van der Waals surface area contributed by atoms with E-state index in [-0.39, 0.29) is 6.03 Å². The third-order valence-corrected chi connectivity index (χ3v) is 6.41. The number of urea groups is 1. The first kappa shape index (κ1) is 21.6. The predicted octanol–water partition coefficient (Wildman–Crippen LogP) is 2.51. The molecule has 11 heteroatoms. The smallest absolute Gasteiger partial charge is 0.316 e. The van der Waals surface area contributed by atoms with Gasteiger partial charge >= 0.3 is 6.03 Å². The number of benzene rings is 1. The summed E-state index contributed by atoms with van der Waals surface area (Å²) in [6.45, 7) is 1.62. The molecule has 1 aliphatic rings. The number of aromatic nitrogens is 2. The Morgan fingerprint density at radius 1 is 1.30 bits per heavy atom. The van der Waals surface area contributed by atoms with Crippen molar-refractivity contribution in [3.63, 3.8) is 0 Å². The van der Waals surface area contributed by atoms with E-state index in [9.17, 15) is 9.00 Å². The van der Waals surface area contributed by atoms with Gasteiger partial charge in [0.2, 0.25) is 5.95 Å². The second kappa shape index (κ2) is 9.61. The average Bonchev–Trinajstić information content (AvgIpc) is 2.71. The number of amides is 2. The van der Waals surface area contributed by atoms with E-state index in [2.05, 4.69) is 31.2 Å². The second-order valence-electron chi connectivity index (χ2n) is 7.18. The molecule has 0 aliphatic carbocycles. The van der Waals surface area contributed by atoms with Crippen LogP contribution in [0, 0.1) is 4.78 Å². The van der Waals surface area contributed by atoms with E-state index in [1.54, 1.807) is 38.5 Å². The fraction of sp³-hybridized carbons (Fsp3) is 0.421. The Kier molecular flexibility index (Phi) is 6.93. The summed E-state index contributed by atoms with van der Waals surface area (Å²) in [6.07, 6.45) is 3.12. The molecule has 1 aliphatic heterocycles. The summed E-state index contributed by atoms with van der Waals surface area (Å²) >= 11 is 0. The summed E-state index contributed by atoms with van der Waals surface area (Å²) in [5, 5.41) is 12.4. The number of hydrogen-bond donors (Lipinski definition) is 5. The van der Waals surface area contributed by atoms with E-state index in [4.69, 9.17) is 4.78 Å². The third-order valence-electron chi connectivity index (χ3n) is 4.53. The van der Waals surface area contributed by atoms with Crippen LogP contribution >= 0.6 is 0 Å². The number of carbonyl (C=O) groups is 1. The largest absolute Gasteiger partial charge is 0.379 e. The summed E-state index contributed by atoms with van der Waals surface area (Å²) in [4.78, 5) is 22.5. The molecular weight excluding hydrogens is 404 g/mol. The second-order valence-corrected chi connectivity index (χ2v) is 9.41. The maximum Gasteiger partial charge on any atom is 0.316 e. The molecule has 0 fully saturated rings. The molecule has 1 aromatic carbocycles. The molecule has 4 bridgehead atoms. The number of rotatable bonds is 4. The van der Waals surface area contributed by atoms with Crippen LogP contribution in [-0.2, 0) is 9.73 Å². The van der Waals surface area contributed by atoms with Gasteiger partial charge in [-0.1, -0.05) is 6.07 Å². The fourth-order valence-corrected chi connectivity index (χ4v) is 4.36. The van der Waals surface area contributed by atoms with Gasteiger partial charge in [0.05, 0.1) is 21.6 Å². The number of anilines is 4. The van der Waals surface area contributed by atoms with Gasteiger partial charge < -0.3 is 26.2 Å². The van der Waals surface area contributed by atoms with Crippen molar-refractivity contribution in [2.75, 3.05) is 55.4 Å². The number of carbonyl (C=O) groups excluding carboxylic acids is 1.